The van der Waals surface area contributed by atoms with Crippen LogP contribution in [0, 0.1) is 12.3 Å². The quantitative estimate of drug-likeness (QED) is 0.693. The van der Waals surface area contributed by atoms with Crippen molar-refractivity contribution < 1.29 is 9.59 Å². The first-order chi connectivity index (χ1) is 12.2. The predicted octanol–water partition coefficient (Wildman–Crippen LogP) is 4.93. The zero-order chi connectivity index (χ0) is 19.1. The van der Waals surface area contributed by atoms with Crippen molar-refractivity contribution >= 4 is 54.8 Å². The van der Waals surface area contributed by atoms with Crippen molar-refractivity contribution in [3.63, 3.8) is 0 Å². The van der Waals surface area contributed by atoms with Gasteiger partial charge in [-0.05, 0) is 30.7 Å². The van der Waals surface area contributed by atoms with Gasteiger partial charge in [-0.25, -0.2) is 4.98 Å². The highest BCUT2D eigenvalue weighted by molar-refractivity contribution is 7.22. The molecular weight excluding hydrogens is 366 g/mol. The monoisotopic (exact) mass is 387 g/mol. The van der Waals surface area contributed by atoms with Crippen LogP contribution in [0.4, 0.5) is 10.1 Å². The number of benzene rings is 1. The van der Waals surface area contributed by atoms with E-state index in [9.17, 15) is 9.59 Å². The molecule has 0 saturated heterocycles. The zero-order valence-electron chi connectivity index (χ0n) is 15.4. The van der Waals surface area contributed by atoms with Crippen LogP contribution < -0.4 is 10.2 Å². The second-order valence-corrected chi connectivity index (χ2v) is 9.22. The minimum Gasteiger partial charge on any atom is -0.317 e. The molecule has 26 heavy (non-hydrogen) atoms. The maximum atomic E-state index is 12.9. The van der Waals surface area contributed by atoms with Crippen molar-refractivity contribution in [3.05, 3.63) is 40.8 Å². The Morgan fingerprint density at radius 3 is 2.50 bits per heavy atom. The van der Waals surface area contributed by atoms with Gasteiger partial charge in [-0.15, -0.1) is 11.3 Å². The van der Waals surface area contributed by atoms with Gasteiger partial charge in [0.05, 0.1) is 20.1 Å². The lowest BCUT2D eigenvalue weighted by atomic mass is 9.96. The van der Waals surface area contributed by atoms with Crippen molar-refractivity contribution in [3.8, 4) is 0 Å². The third-order valence-corrected chi connectivity index (χ3v) is 6.16. The fourth-order valence-corrected chi connectivity index (χ4v) is 4.27. The topological polar surface area (TPSA) is 62.3 Å². The fraction of sp³-hybridized carbons (Fsp3) is 0.316. The first kappa shape index (κ1) is 18.5. The summed E-state index contributed by atoms with van der Waals surface area (Å²) in [6.07, 6.45) is 0. The van der Waals surface area contributed by atoms with Crippen LogP contribution in [0.25, 0.3) is 10.2 Å². The molecule has 1 N–H and O–H groups in total. The Bertz CT molecular complexity index is 949. The number of hydrogen-bond acceptors (Lipinski definition) is 5. The lowest BCUT2D eigenvalue weighted by Crippen LogP contribution is -2.27. The summed E-state index contributed by atoms with van der Waals surface area (Å²) in [7, 11) is 1.73. The summed E-state index contributed by atoms with van der Waals surface area (Å²) in [6.45, 7) is 7.45. The molecule has 0 aliphatic rings. The zero-order valence-corrected chi connectivity index (χ0v) is 17.0. The van der Waals surface area contributed by atoms with E-state index in [1.54, 1.807) is 11.9 Å². The van der Waals surface area contributed by atoms with Gasteiger partial charge in [0.1, 0.15) is 0 Å². The van der Waals surface area contributed by atoms with E-state index in [-0.39, 0.29) is 11.8 Å². The van der Waals surface area contributed by atoms with Crippen LogP contribution in [0.3, 0.4) is 0 Å². The molecule has 1 aromatic carbocycles. The molecule has 0 saturated carbocycles. The molecule has 136 valence electrons. The van der Waals surface area contributed by atoms with Crippen molar-refractivity contribution in [2.24, 2.45) is 5.41 Å². The molecule has 3 rings (SSSR count). The van der Waals surface area contributed by atoms with Gasteiger partial charge in [0.15, 0.2) is 5.13 Å². The van der Waals surface area contributed by atoms with E-state index in [1.165, 1.54) is 22.7 Å². The number of nitrogens with zero attached hydrogens (tertiary/aromatic N) is 2. The number of carbonyl (C=O) groups is 2. The lowest BCUT2D eigenvalue weighted by Gasteiger charge is -2.16. The molecule has 2 aromatic heterocycles. The number of aryl methyl sites for hydroxylation is 1. The molecule has 0 radical (unpaired) electrons. The number of thiazole rings is 1. The van der Waals surface area contributed by atoms with Gasteiger partial charge in [-0.1, -0.05) is 44.2 Å². The number of para-hydroxylation sites is 1. The Kier molecular flexibility index (Phi) is 4.86. The largest absolute Gasteiger partial charge is 0.317 e. The molecule has 0 fully saturated rings. The molecule has 0 unspecified atom stereocenters. The maximum absolute atomic E-state index is 12.9. The maximum Gasteiger partial charge on any atom is 0.270 e. The number of nitrogens with one attached hydrogen (secondary N) is 1. The second kappa shape index (κ2) is 6.81. The van der Waals surface area contributed by atoms with Gasteiger partial charge in [-0.3, -0.25) is 14.5 Å². The molecule has 2 amide bonds. The molecule has 7 heteroatoms. The van der Waals surface area contributed by atoms with E-state index in [4.69, 9.17) is 0 Å². The minimum absolute atomic E-state index is 0.0720. The second-order valence-electron chi connectivity index (χ2n) is 7.16. The summed E-state index contributed by atoms with van der Waals surface area (Å²) < 4.78 is 1.04. The van der Waals surface area contributed by atoms with E-state index < -0.39 is 5.41 Å². The Morgan fingerprint density at radius 2 is 1.85 bits per heavy atom. The van der Waals surface area contributed by atoms with Crippen LogP contribution in [0.5, 0.6) is 0 Å². The number of aromatic nitrogens is 1. The van der Waals surface area contributed by atoms with Gasteiger partial charge in [0, 0.05) is 12.5 Å². The van der Waals surface area contributed by atoms with Gasteiger partial charge in [0.2, 0.25) is 5.91 Å². The fourth-order valence-electron chi connectivity index (χ4n) is 2.30. The van der Waals surface area contributed by atoms with Crippen LogP contribution in [0.1, 0.15) is 36.0 Å². The van der Waals surface area contributed by atoms with E-state index in [0.717, 1.165) is 15.8 Å². The molecule has 0 spiro atoms. The van der Waals surface area contributed by atoms with Crippen LogP contribution in [-0.2, 0) is 4.79 Å². The molecule has 0 bridgehead atoms. The van der Waals surface area contributed by atoms with E-state index in [0.29, 0.717) is 15.0 Å². The summed E-state index contributed by atoms with van der Waals surface area (Å²) in [4.78, 5) is 31.8. The third kappa shape index (κ3) is 3.64. The summed E-state index contributed by atoms with van der Waals surface area (Å²) in [5.74, 6) is -0.194. The number of thiophene rings is 1. The Hall–Kier alpha value is -2.25. The van der Waals surface area contributed by atoms with Crippen LogP contribution in [0.2, 0.25) is 0 Å². The summed E-state index contributed by atoms with van der Waals surface area (Å²) >= 11 is 2.78. The van der Waals surface area contributed by atoms with Crippen molar-refractivity contribution in [1.29, 1.82) is 0 Å². The van der Waals surface area contributed by atoms with Crippen LogP contribution >= 0.6 is 22.7 Å². The molecular formula is C19H21N3O2S2. The first-order valence-corrected chi connectivity index (χ1v) is 9.85. The number of carbonyl (C=O) groups excluding carboxylic acids is 2. The average molecular weight is 388 g/mol. The highest BCUT2D eigenvalue weighted by Gasteiger charge is 2.25. The van der Waals surface area contributed by atoms with Gasteiger partial charge in [0.25, 0.3) is 5.91 Å². The first-order valence-electron chi connectivity index (χ1n) is 8.22. The highest BCUT2D eigenvalue weighted by Crippen LogP contribution is 2.32. The van der Waals surface area contributed by atoms with Crippen molar-refractivity contribution in [2.75, 3.05) is 17.3 Å². The van der Waals surface area contributed by atoms with E-state index >= 15 is 0 Å². The minimum atomic E-state index is -0.486. The number of hydrogen-bond donors (Lipinski definition) is 1. The summed E-state index contributed by atoms with van der Waals surface area (Å²) in [5.41, 5.74) is 1.24. The normalized spacial score (nSPS) is 11.6. The van der Waals surface area contributed by atoms with Crippen molar-refractivity contribution in [1.82, 2.24) is 4.98 Å². The summed E-state index contributed by atoms with van der Waals surface area (Å²) in [6, 6.07) is 9.66. The SMILES string of the molecule is Cc1cc(NC(=O)C(C)(C)C)sc1C(=O)N(C)c1nc2ccccc2s1. The summed E-state index contributed by atoms with van der Waals surface area (Å²) in [5, 5.41) is 4.23. The number of amides is 2. The van der Waals surface area contributed by atoms with E-state index in [1.807, 2.05) is 58.0 Å². The predicted molar refractivity (Wildman–Crippen MR) is 109 cm³/mol. The Labute approximate surface area is 160 Å². The molecule has 2 heterocycles. The van der Waals surface area contributed by atoms with Crippen LogP contribution in [-0.4, -0.2) is 23.8 Å². The van der Waals surface area contributed by atoms with Gasteiger partial charge in [-0.2, -0.15) is 0 Å². The number of anilines is 2. The Morgan fingerprint density at radius 1 is 1.15 bits per heavy atom. The van der Waals surface area contributed by atoms with Gasteiger partial charge >= 0.3 is 0 Å². The molecule has 0 atom stereocenters. The Balaban J connectivity index is 1.84. The molecule has 0 aliphatic heterocycles. The third-order valence-electron chi connectivity index (χ3n) is 3.90. The van der Waals surface area contributed by atoms with Crippen molar-refractivity contribution in [2.45, 2.75) is 27.7 Å². The van der Waals surface area contributed by atoms with E-state index in [2.05, 4.69) is 10.3 Å². The number of fused-ring (bicyclic) bond motifs is 1. The molecule has 3 aromatic rings. The van der Waals surface area contributed by atoms with Gasteiger partial charge < -0.3 is 5.32 Å². The molecule has 5 nitrogen and oxygen atoms in total. The molecule has 0 aliphatic carbocycles. The smallest absolute Gasteiger partial charge is 0.270 e. The lowest BCUT2D eigenvalue weighted by molar-refractivity contribution is -0.123. The average Bonchev–Trinajstić information content (AvgIpc) is 3.15. The highest BCUT2D eigenvalue weighted by atomic mass is 32.1. The standard InChI is InChI=1S/C19H21N3O2S2/c1-11-10-14(21-17(24)19(2,3)4)26-15(11)16(23)22(5)18-20-12-8-6-7-9-13(12)25-18/h6-10H,1-5H3,(H,21,24). The van der Waals surface area contributed by atoms with Crippen LogP contribution in [0.15, 0.2) is 30.3 Å². The number of rotatable bonds is 3.